The molecule has 0 amide bonds. The molecule has 88 valence electrons. The Balaban J connectivity index is 2.07. The highest BCUT2D eigenvalue weighted by Crippen LogP contribution is 2.15. The van der Waals surface area contributed by atoms with Gasteiger partial charge in [0.25, 0.3) is 0 Å². The van der Waals surface area contributed by atoms with E-state index in [9.17, 15) is 4.39 Å². The van der Waals surface area contributed by atoms with E-state index < -0.39 is 0 Å². The van der Waals surface area contributed by atoms with Gasteiger partial charge in [-0.3, -0.25) is 0 Å². The van der Waals surface area contributed by atoms with Crippen molar-refractivity contribution in [2.24, 2.45) is 0 Å². The number of nitrogens with one attached hydrogen (secondary N) is 1. The smallest absolute Gasteiger partial charge is 0.123 e. The minimum Gasteiger partial charge on any atom is -0.381 e. The lowest BCUT2D eigenvalue weighted by atomic mass is 10.1. The van der Waals surface area contributed by atoms with E-state index in [1.54, 1.807) is 12.1 Å². The second-order valence-corrected chi connectivity index (χ2v) is 4.36. The van der Waals surface area contributed by atoms with Crippen LogP contribution in [0.3, 0.4) is 0 Å². The van der Waals surface area contributed by atoms with Gasteiger partial charge < -0.3 is 5.32 Å². The van der Waals surface area contributed by atoms with Crippen molar-refractivity contribution in [3.8, 4) is 0 Å². The molecule has 0 aliphatic heterocycles. The van der Waals surface area contributed by atoms with Gasteiger partial charge in [-0.05, 0) is 54.8 Å². The molecule has 2 aromatic rings. The van der Waals surface area contributed by atoms with E-state index in [4.69, 9.17) is 0 Å². The molecule has 17 heavy (non-hydrogen) atoms. The summed E-state index contributed by atoms with van der Waals surface area (Å²) in [7, 11) is 0. The highest BCUT2D eigenvalue weighted by molar-refractivity contribution is 5.48. The maximum Gasteiger partial charge on any atom is 0.123 e. The van der Waals surface area contributed by atoms with Gasteiger partial charge in [0.2, 0.25) is 0 Å². The Morgan fingerprint density at radius 2 is 1.71 bits per heavy atom. The van der Waals surface area contributed by atoms with Crippen molar-refractivity contribution in [3.05, 3.63) is 65.0 Å². The third-order valence-corrected chi connectivity index (χ3v) is 2.61. The fourth-order valence-corrected chi connectivity index (χ4v) is 1.93. The molecule has 0 spiro atoms. The first-order valence-corrected chi connectivity index (χ1v) is 5.70. The SMILES string of the molecule is Cc1cc(C)cc(NCc2cccc(F)c2)c1. The summed E-state index contributed by atoms with van der Waals surface area (Å²) in [6, 6.07) is 13.0. The molecule has 0 aliphatic carbocycles. The van der Waals surface area contributed by atoms with Crippen molar-refractivity contribution < 1.29 is 4.39 Å². The Bertz CT molecular complexity index is 500. The van der Waals surface area contributed by atoms with Gasteiger partial charge in [-0.1, -0.05) is 18.2 Å². The first-order chi connectivity index (χ1) is 8.13. The molecule has 0 aromatic heterocycles. The van der Waals surface area contributed by atoms with Gasteiger partial charge in [-0.15, -0.1) is 0 Å². The summed E-state index contributed by atoms with van der Waals surface area (Å²) < 4.78 is 13.0. The zero-order chi connectivity index (χ0) is 12.3. The van der Waals surface area contributed by atoms with Gasteiger partial charge in [-0.2, -0.15) is 0 Å². The number of benzene rings is 2. The number of aryl methyl sites for hydroxylation is 2. The van der Waals surface area contributed by atoms with Crippen molar-refractivity contribution in [1.29, 1.82) is 0 Å². The fraction of sp³-hybridized carbons (Fsp3) is 0.200. The predicted octanol–water partition coefficient (Wildman–Crippen LogP) is 4.05. The average Bonchev–Trinajstić information content (AvgIpc) is 2.25. The van der Waals surface area contributed by atoms with Crippen LogP contribution < -0.4 is 5.32 Å². The van der Waals surface area contributed by atoms with Gasteiger partial charge in [0.05, 0.1) is 0 Å². The molecule has 2 rings (SSSR count). The second kappa shape index (κ2) is 5.00. The third kappa shape index (κ3) is 3.31. The zero-order valence-electron chi connectivity index (χ0n) is 10.1. The molecule has 1 nitrogen and oxygen atoms in total. The van der Waals surface area contributed by atoms with Crippen molar-refractivity contribution in [3.63, 3.8) is 0 Å². The normalized spacial score (nSPS) is 10.3. The van der Waals surface area contributed by atoms with Crippen LogP contribution in [-0.2, 0) is 6.54 Å². The van der Waals surface area contributed by atoms with Gasteiger partial charge in [0.1, 0.15) is 5.82 Å². The molecule has 0 bridgehead atoms. The van der Waals surface area contributed by atoms with E-state index >= 15 is 0 Å². The molecule has 0 atom stereocenters. The van der Waals surface area contributed by atoms with Crippen LogP contribution in [0.5, 0.6) is 0 Å². The Labute approximate surface area is 101 Å². The topological polar surface area (TPSA) is 12.0 Å². The maximum atomic E-state index is 13.0. The summed E-state index contributed by atoms with van der Waals surface area (Å²) in [6.45, 7) is 4.78. The van der Waals surface area contributed by atoms with E-state index in [1.807, 2.05) is 6.07 Å². The predicted molar refractivity (Wildman–Crippen MR) is 69.6 cm³/mol. The number of anilines is 1. The van der Waals surface area contributed by atoms with Crippen LogP contribution >= 0.6 is 0 Å². The maximum absolute atomic E-state index is 13.0. The molecule has 1 N–H and O–H groups in total. The van der Waals surface area contributed by atoms with Crippen molar-refractivity contribution in [2.45, 2.75) is 20.4 Å². The van der Waals surface area contributed by atoms with E-state index in [2.05, 4.69) is 37.4 Å². The van der Waals surface area contributed by atoms with E-state index in [1.165, 1.54) is 17.2 Å². The summed E-state index contributed by atoms with van der Waals surface area (Å²) in [5.74, 6) is -0.190. The number of halogens is 1. The number of rotatable bonds is 3. The Morgan fingerprint density at radius 1 is 1.00 bits per heavy atom. The zero-order valence-corrected chi connectivity index (χ0v) is 10.1. The van der Waals surface area contributed by atoms with Crippen LogP contribution in [0.1, 0.15) is 16.7 Å². The van der Waals surface area contributed by atoms with Crippen molar-refractivity contribution >= 4 is 5.69 Å². The molecule has 0 radical (unpaired) electrons. The van der Waals surface area contributed by atoms with Gasteiger partial charge in [0, 0.05) is 12.2 Å². The highest BCUT2D eigenvalue weighted by Gasteiger charge is 1.97. The lowest BCUT2D eigenvalue weighted by Gasteiger charge is -2.08. The van der Waals surface area contributed by atoms with Crippen molar-refractivity contribution in [1.82, 2.24) is 0 Å². The molecule has 0 fully saturated rings. The third-order valence-electron chi connectivity index (χ3n) is 2.61. The second-order valence-electron chi connectivity index (χ2n) is 4.36. The minimum absolute atomic E-state index is 0.190. The van der Waals surface area contributed by atoms with Crippen LogP contribution in [0.25, 0.3) is 0 Å². The quantitative estimate of drug-likeness (QED) is 0.837. The summed E-state index contributed by atoms with van der Waals surface area (Å²) >= 11 is 0. The van der Waals surface area contributed by atoms with E-state index in [0.29, 0.717) is 6.54 Å². The highest BCUT2D eigenvalue weighted by atomic mass is 19.1. The molecular weight excluding hydrogens is 213 g/mol. The Morgan fingerprint density at radius 3 is 2.35 bits per heavy atom. The molecule has 0 saturated carbocycles. The molecule has 0 aliphatic rings. The van der Waals surface area contributed by atoms with Crippen LogP contribution in [0.2, 0.25) is 0 Å². The standard InChI is InChI=1S/C15H16FN/c1-11-6-12(2)8-15(7-11)17-10-13-4-3-5-14(16)9-13/h3-9,17H,10H2,1-2H3. The van der Waals surface area contributed by atoms with E-state index in [0.717, 1.165) is 11.3 Å². The number of hydrogen-bond donors (Lipinski definition) is 1. The average molecular weight is 229 g/mol. The molecule has 0 heterocycles. The first-order valence-electron chi connectivity index (χ1n) is 5.70. The fourth-order valence-electron chi connectivity index (χ4n) is 1.93. The summed E-state index contributed by atoms with van der Waals surface area (Å²) in [4.78, 5) is 0. The molecule has 0 saturated heterocycles. The van der Waals surface area contributed by atoms with Crippen LogP contribution in [0, 0.1) is 19.7 Å². The van der Waals surface area contributed by atoms with Gasteiger partial charge in [0.15, 0.2) is 0 Å². The lowest BCUT2D eigenvalue weighted by molar-refractivity contribution is 0.626. The van der Waals surface area contributed by atoms with Crippen LogP contribution in [-0.4, -0.2) is 0 Å². The molecule has 2 aromatic carbocycles. The Kier molecular flexibility index (Phi) is 3.43. The number of hydrogen-bond acceptors (Lipinski definition) is 1. The van der Waals surface area contributed by atoms with Crippen LogP contribution in [0.4, 0.5) is 10.1 Å². The Hall–Kier alpha value is -1.83. The molecule has 0 unspecified atom stereocenters. The first kappa shape index (κ1) is 11.6. The lowest BCUT2D eigenvalue weighted by Crippen LogP contribution is -2.00. The van der Waals surface area contributed by atoms with Gasteiger partial charge >= 0.3 is 0 Å². The van der Waals surface area contributed by atoms with Crippen LogP contribution in [0.15, 0.2) is 42.5 Å². The summed E-state index contributed by atoms with van der Waals surface area (Å²) in [6.07, 6.45) is 0. The largest absolute Gasteiger partial charge is 0.381 e. The van der Waals surface area contributed by atoms with E-state index in [-0.39, 0.29) is 5.82 Å². The molecule has 2 heteroatoms. The minimum atomic E-state index is -0.190. The van der Waals surface area contributed by atoms with Gasteiger partial charge in [-0.25, -0.2) is 4.39 Å². The summed E-state index contributed by atoms with van der Waals surface area (Å²) in [5.41, 5.74) is 4.48. The summed E-state index contributed by atoms with van der Waals surface area (Å²) in [5, 5.41) is 3.30. The molecular formula is C15H16FN. The monoisotopic (exact) mass is 229 g/mol. The van der Waals surface area contributed by atoms with Crippen molar-refractivity contribution in [2.75, 3.05) is 5.32 Å².